The molecule has 124 valence electrons. The smallest absolute Gasteiger partial charge is 0.391 e. The van der Waals surface area contributed by atoms with E-state index in [0.717, 1.165) is 12.1 Å². The fraction of sp³-hybridized carbons (Fsp3) is 0.438. The van der Waals surface area contributed by atoms with Gasteiger partial charge >= 0.3 is 6.18 Å². The Kier molecular flexibility index (Phi) is 4.16. The first kappa shape index (κ1) is 16.0. The molecule has 4 nitrogen and oxygen atoms in total. The Morgan fingerprint density at radius 2 is 2.09 bits per heavy atom. The van der Waals surface area contributed by atoms with Crippen molar-refractivity contribution in [1.82, 2.24) is 4.98 Å². The first-order chi connectivity index (χ1) is 10.8. The average Bonchev–Trinajstić information content (AvgIpc) is 2.48. The normalized spacial score (nSPS) is 22.3. The van der Waals surface area contributed by atoms with E-state index in [-0.39, 0.29) is 11.6 Å². The van der Waals surface area contributed by atoms with E-state index in [0.29, 0.717) is 36.4 Å². The molecule has 0 bridgehead atoms. The van der Waals surface area contributed by atoms with Gasteiger partial charge in [0.1, 0.15) is 0 Å². The predicted octanol–water partition coefficient (Wildman–Crippen LogP) is 3.12. The number of alkyl halides is 3. The lowest BCUT2D eigenvalue weighted by Gasteiger charge is -2.29. The van der Waals surface area contributed by atoms with Crippen LogP contribution in [0.3, 0.4) is 0 Å². The van der Waals surface area contributed by atoms with E-state index >= 15 is 0 Å². The van der Waals surface area contributed by atoms with Gasteiger partial charge in [-0.1, -0.05) is 6.07 Å². The minimum atomic E-state index is -4.40. The predicted molar refractivity (Wildman–Crippen MR) is 80.3 cm³/mol. The number of ether oxygens (including phenoxy) is 1. The minimum Gasteiger partial charge on any atom is -0.391 e. The number of anilines is 1. The highest BCUT2D eigenvalue weighted by atomic mass is 19.4. The van der Waals surface area contributed by atoms with E-state index in [1.165, 1.54) is 6.07 Å². The molecular formula is C16H17F3N2O2. The third-order valence-electron chi connectivity index (χ3n) is 3.93. The zero-order chi connectivity index (χ0) is 16.6. The Hall–Kier alpha value is -1.86. The number of aliphatic hydroxyl groups excluding tert-OH is 1. The summed E-state index contributed by atoms with van der Waals surface area (Å²) in [5, 5.41) is 13.8. The number of benzene rings is 1. The molecule has 1 aliphatic rings. The van der Waals surface area contributed by atoms with Crippen LogP contribution in [0.25, 0.3) is 10.9 Å². The van der Waals surface area contributed by atoms with Gasteiger partial charge in [-0.25, -0.2) is 0 Å². The van der Waals surface area contributed by atoms with Gasteiger partial charge in [0.2, 0.25) is 0 Å². The molecule has 0 saturated carbocycles. The molecule has 23 heavy (non-hydrogen) atoms. The lowest BCUT2D eigenvalue weighted by Crippen LogP contribution is -2.42. The minimum absolute atomic E-state index is 0.272. The lowest BCUT2D eigenvalue weighted by molar-refractivity contribution is -0.137. The van der Waals surface area contributed by atoms with E-state index in [1.54, 1.807) is 13.0 Å². The first-order valence-corrected chi connectivity index (χ1v) is 7.35. The first-order valence-electron chi connectivity index (χ1n) is 7.35. The van der Waals surface area contributed by atoms with Crippen molar-refractivity contribution < 1.29 is 23.0 Å². The molecule has 2 heterocycles. The molecule has 2 N–H and O–H groups in total. The molecule has 1 fully saturated rings. The molecule has 0 unspecified atom stereocenters. The molecule has 1 aromatic heterocycles. The average molecular weight is 326 g/mol. The maximum atomic E-state index is 12.8. The highest BCUT2D eigenvalue weighted by Crippen LogP contribution is 2.33. The molecule has 1 aromatic carbocycles. The molecule has 0 radical (unpaired) electrons. The third-order valence-corrected chi connectivity index (χ3v) is 3.93. The summed E-state index contributed by atoms with van der Waals surface area (Å²) in [7, 11) is 0. The highest BCUT2D eigenvalue weighted by molar-refractivity contribution is 5.92. The third kappa shape index (κ3) is 3.40. The summed E-state index contributed by atoms with van der Waals surface area (Å²) in [6.07, 6.45) is -4.43. The molecule has 3 rings (SSSR count). The van der Waals surface area contributed by atoms with Gasteiger partial charge in [0.05, 0.1) is 29.8 Å². The number of hydrogen-bond acceptors (Lipinski definition) is 4. The molecule has 7 heteroatoms. The van der Waals surface area contributed by atoms with Crippen molar-refractivity contribution in [3.8, 4) is 0 Å². The molecule has 1 aliphatic heterocycles. The van der Waals surface area contributed by atoms with Crippen LogP contribution in [0.5, 0.6) is 0 Å². The SMILES string of the molecule is Cc1cc(N[C@@H]2COCC[C@H]2O)c2ccc(C(F)(F)F)cc2n1. The fourth-order valence-corrected chi connectivity index (χ4v) is 2.72. The number of nitrogens with zero attached hydrogens (tertiary/aromatic N) is 1. The van der Waals surface area contributed by atoms with E-state index in [1.807, 2.05) is 0 Å². The number of pyridine rings is 1. The zero-order valence-electron chi connectivity index (χ0n) is 12.5. The standard InChI is InChI=1S/C16H17F3N2O2/c1-9-6-12(21-14-8-23-5-4-15(14)22)11-3-2-10(16(17,18)19)7-13(11)20-9/h2-3,6-7,14-15,22H,4-5,8H2,1H3,(H,20,21)/t14-,15-/m1/s1. The van der Waals surface area contributed by atoms with Gasteiger partial charge in [-0.15, -0.1) is 0 Å². The maximum absolute atomic E-state index is 12.8. The Bertz CT molecular complexity index is 718. The Balaban J connectivity index is 1.99. The number of aryl methyl sites for hydroxylation is 1. The Morgan fingerprint density at radius 1 is 1.30 bits per heavy atom. The van der Waals surface area contributed by atoms with E-state index < -0.39 is 17.8 Å². The summed E-state index contributed by atoms with van der Waals surface area (Å²) in [5.74, 6) is 0. The molecule has 0 amide bonds. The van der Waals surface area contributed by atoms with Crippen LogP contribution in [0.4, 0.5) is 18.9 Å². The van der Waals surface area contributed by atoms with Gasteiger partial charge < -0.3 is 15.2 Å². The van der Waals surface area contributed by atoms with Crippen molar-refractivity contribution in [3.63, 3.8) is 0 Å². The summed E-state index contributed by atoms with van der Waals surface area (Å²) in [6.45, 7) is 2.58. The van der Waals surface area contributed by atoms with Gasteiger partial charge in [-0.05, 0) is 31.5 Å². The van der Waals surface area contributed by atoms with Crippen molar-refractivity contribution in [3.05, 3.63) is 35.5 Å². The van der Waals surface area contributed by atoms with Crippen LogP contribution in [-0.2, 0) is 10.9 Å². The highest BCUT2D eigenvalue weighted by Gasteiger charge is 2.31. The number of fused-ring (bicyclic) bond motifs is 1. The molecule has 1 saturated heterocycles. The maximum Gasteiger partial charge on any atom is 0.416 e. The van der Waals surface area contributed by atoms with Crippen LogP contribution in [0.2, 0.25) is 0 Å². The zero-order valence-corrected chi connectivity index (χ0v) is 12.5. The lowest BCUT2D eigenvalue weighted by atomic mass is 10.0. The van der Waals surface area contributed by atoms with E-state index in [9.17, 15) is 18.3 Å². The summed E-state index contributed by atoms with van der Waals surface area (Å²) in [6, 6.07) is 4.95. The van der Waals surface area contributed by atoms with Gasteiger partial charge in [0.15, 0.2) is 0 Å². The Labute approximate surface area is 131 Å². The second kappa shape index (κ2) is 5.98. The monoisotopic (exact) mass is 326 g/mol. The number of aromatic nitrogens is 1. The second-order valence-corrected chi connectivity index (χ2v) is 5.72. The summed E-state index contributed by atoms with van der Waals surface area (Å²) in [4.78, 5) is 4.19. The van der Waals surface area contributed by atoms with Gasteiger partial charge in [0, 0.05) is 23.4 Å². The van der Waals surface area contributed by atoms with Crippen LogP contribution >= 0.6 is 0 Å². The number of nitrogens with one attached hydrogen (secondary N) is 1. The van der Waals surface area contributed by atoms with Crippen LogP contribution in [0.1, 0.15) is 17.7 Å². The molecule has 2 aromatic rings. The van der Waals surface area contributed by atoms with Gasteiger partial charge in [-0.2, -0.15) is 13.2 Å². The summed E-state index contributed by atoms with van der Waals surface area (Å²) >= 11 is 0. The van der Waals surface area contributed by atoms with Crippen molar-refractivity contribution in [2.75, 3.05) is 18.5 Å². The number of aliphatic hydroxyl groups is 1. The van der Waals surface area contributed by atoms with Gasteiger partial charge in [0.25, 0.3) is 0 Å². The summed E-state index contributed by atoms with van der Waals surface area (Å²) < 4.78 is 43.9. The second-order valence-electron chi connectivity index (χ2n) is 5.72. The number of hydrogen-bond donors (Lipinski definition) is 2. The van der Waals surface area contributed by atoms with Gasteiger partial charge in [-0.3, -0.25) is 4.98 Å². The van der Waals surface area contributed by atoms with Crippen molar-refractivity contribution in [2.45, 2.75) is 31.7 Å². The quantitative estimate of drug-likeness (QED) is 0.890. The van der Waals surface area contributed by atoms with Crippen molar-refractivity contribution in [1.29, 1.82) is 0 Å². The van der Waals surface area contributed by atoms with Crippen molar-refractivity contribution >= 4 is 16.6 Å². The van der Waals surface area contributed by atoms with Crippen molar-refractivity contribution in [2.24, 2.45) is 0 Å². The van der Waals surface area contributed by atoms with E-state index in [4.69, 9.17) is 4.74 Å². The van der Waals surface area contributed by atoms with E-state index in [2.05, 4.69) is 10.3 Å². The molecule has 0 spiro atoms. The Morgan fingerprint density at radius 3 is 2.78 bits per heavy atom. The largest absolute Gasteiger partial charge is 0.416 e. The molecular weight excluding hydrogens is 309 g/mol. The molecule has 2 atom stereocenters. The van der Waals surface area contributed by atoms with Crippen LogP contribution < -0.4 is 5.32 Å². The van der Waals surface area contributed by atoms with Crippen LogP contribution in [0.15, 0.2) is 24.3 Å². The number of halogens is 3. The topological polar surface area (TPSA) is 54.4 Å². The summed E-state index contributed by atoms with van der Waals surface area (Å²) in [5.41, 5.74) is 0.796. The van der Waals surface area contributed by atoms with Crippen LogP contribution in [0, 0.1) is 6.92 Å². The number of rotatable bonds is 2. The fourth-order valence-electron chi connectivity index (χ4n) is 2.72. The molecule has 0 aliphatic carbocycles. The van der Waals surface area contributed by atoms with Crippen LogP contribution in [-0.4, -0.2) is 35.5 Å².